The molecule has 10 nitrogen and oxygen atoms in total. The molecule has 2 heterocycles. The number of phenolic OH excluding ortho intramolecular Hbond substituents is 1. The molecule has 37 heavy (non-hydrogen) atoms. The van der Waals surface area contributed by atoms with Crippen LogP contribution in [0.4, 0.5) is 15.8 Å². The number of benzene rings is 2. The number of aromatic hydroxyl groups is 1. The number of carbonyl (C=O) groups excluding carboxylic acids is 3. The fourth-order valence-corrected chi connectivity index (χ4v) is 4.65. The molecular formula is C26H30N6O4S. The molecule has 0 radical (unpaired) electrons. The second-order valence-corrected chi connectivity index (χ2v) is 9.96. The first kappa shape index (κ1) is 26.0. The summed E-state index contributed by atoms with van der Waals surface area (Å²) in [6, 6.07) is 12.2. The first-order valence-corrected chi connectivity index (χ1v) is 12.7. The average molecular weight is 523 g/mol. The number of phenols is 1. The van der Waals surface area contributed by atoms with E-state index < -0.39 is 0 Å². The average Bonchev–Trinajstić information content (AvgIpc) is 3.35. The van der Waals surface area contributed by atoms with Crippen molar-refractivity contribution in [3.05, 3.63) is 65.4 Å². The van der Waals surface area contributed by atoms with E-state index in [4.69, 9.17) is 0 Å². The predicted molar refractivity (Wildman–Crippen MR) is 144 cm³/mol. The SMILES string of the molecule is CC(=O)N1CCN(C(=O)c2cc(CNc3cnc(NC(=O)c4ccc(N(C)C)cc4)s3)ccc2O)CC1. The fraction of sp³-hybridized carbons (Fsp3) is 0.308. The molecule has 1 aliphatic rings. The summed E-state index contributed by atoms with van der Waals surface area (Å²) in [6.07, 6.45) is 1.64. The molecule has 3 amide bonds. The van der Waals surface area contributed by atoms with E-state index in [1.807, 2.05) is 31.1 Å². The van der Waals surface area contributed by atoms with Gasteiger partial charge in [0.2, 0.25) is 5.91 Å². The van der Waals surface area contributed by atoms with Gasteiger partial charge in [0.25, 0.3) is 11.8 Å². The molecule has 0 atom stereocenters. The first-order valence-electron chi connectivity index (χ1n) is 11.9. The molecule has 0 aliphatic carbocycles. The molecule has 0 saturated carbocycles. The van der Waals surface area contributed by atoms with Crippen molar-refractivity contribution in [1.82, 2.24) is 14.8 Å². The van der Waals surface area contributed by atoms with Gasteiger partial charge in [0.05, 0.1) is 11.8 Å². The van der Waals surface area contributed by atoms with E-state index in [0.717, 1.165) is 16.3 Å². The molecule has 1 aliphatic heterocycles. The third-order valence-corrected chi connectivity index (χ3v) is 7.01. The molecule has 3 aromatic rings. The molecule has 1 fully saturated rings. The molecule has 0 bridgehead atoms. The summed E-state index contributed by atoms with van der Waals surface area (Å²) >= 11 is 1.30. The second-order valence-electron chi connectivity index (χ2n) is 8.93. The maximum Gasteiger partial charge on any atom is 0.257 e. The molecule has 2 aromatic carbocycles. The molecule has 194 valence electrons. The number of rotatable bonds is 7. The lowest BCUT2D eigenvalue weighted by molar-refractivity contribution is -0.130. The highest BCUT2D eigenvalue weighted by Crippen LogP contribution is 2.26. The summed E-state index contributed by atoms with van der Waals surface area (Å²) in [7, 11) is 3.88. The van der Waals surface area contributed by atoms with E-state index in [0.29, 0.717) is 43.4 Å². The summed E-state index contributed by atoms with van der Waals surface area (Å²) < 4.78 is 0. The van der Waals surface area contributed by atoms with Crippen LogP contribution in [-0.4, -0.2) is 77.9 Å². The summed E-state index contributed by atoms with van der Waals surface area (Å²) in [6.45, 7) is 3.73. The number of aromatic nitrogens is 1. The van der Waals surface area contributed by atoms with Crippen LogP contribution in [0.15, 0.2) is 48.7 Å². The molecule has 0 unspecified atom stereocenters. The molecule has 11 heteroatoms. The largest absolute Gasteiger partial charge is 0.507 e. The lowest BCUT2D eigenvalue weighted by atomic mass is 10.1. The number of nitrogens with one attached hydrogen (secondary N) is 2. The van der Waals surface area contributed by atoms with Crippen molar-refractivity contribution in [2.24, 2.45) is 0 Å². The Balaban J connectivity index is 1.34. The van der Waals surface area contributed by atoms with Crippen molar-refractivity contribution in [2.45, 2.75) is 13.5 Å². The van der Waals surface area contributed by atoms with Crippen molar-refractivity contribution in [3.8, 4) is 5.75 Å². The van der Waals surface area contributed by atoms with Crippen molar-refractivity contribution in [3.63, 3.8) is 0 Å². The Bertz CT molecular complexity index is 1280. The quantitative estimate of drug-likeness (QED) is 0.436. The Morgan fingerprint density at radius 2 is 1.70 bits per heavy atom. The van der Waals surface area contributed by atoms with Crippen molar-refractivity contribution in [2.75, 3.05) is 55.8 Å². The lowest BCUT2D eigenvalue weighted by Crippen LogP contribution is -2.50. The fourth-order valence-electron chi connectivity index (χ4n) is 3.94. The van der Waals surface area contributed by atoms with E-state index >= 15 is 0 Å². The number of amides is 3. The number of hydrogen-bond donors (Lipinski definition) is 3. The Labute approximate surface area is 219 Å². The van der Waals surface area contributed by atoms with Gasteiger partial charge >= 0.3 is 0 Å². The first-order chi connectivity index (χ1) is 17.7. The van der Waals surface area contributed by atoms with Crippen LogP contribution in [-0.2, 0) is 11.3 Å². The lowest BCUT2D eigenvalue weighted by Gasteiger charge is -2.34. The zero-order valence-corrected chi connectivity index (χ0v) is 21.8. The standard InChI is InChI=1S/C26H30N6O4S/c1-17(33)31-10-12-32(13-11-31)25(36)21-14-18(4-9-22(21)34)15-27-23-16-28-26(37-23)29-24(35)19-5-7-20(8-6-19)30(2)3/h4-9,14,16,27,34H,10-13,15H2,1-3H3,(H,28,29,35). The summed E-state index contributed by atoms with van der Waals surface area (Å²) in [5.74, 6) is -0.586. The van der Waals surface area contributed by atoms with Crippen LogP contribution in [0.2, 0.25) is 0 Å². The monoisotopic (exact) mass is 522 g/mol. The van der Waals surface area contributed by atoms with Crippen LogP contribution in [0.1, 0.15) is 33.2 Å². The normalized spacial score (nSPS) is 13.3. The van der Waals surface area contributed by atoms with E-state index in [9.17, 15) is 19.5 Å². The molecule has 3 N–H and O–H groups in total. The summed E-state index contributed by atoms with van der Waals surface area (Å²) in [4.78, 5) is 46.6. The second kappa shape index (κ2) is 11.3. The van der Waals surface area contributed by atoms with Gasteiger partial charge in [0, 0.05) is 65.0 Å². The van der Waals surface area contributed by atoms with Gasteiger partial charge in [-0.1, -0.05) is 17.4 Å². The topological polar surface area (TPSA) is 118 Å². The minimum atomic E-state index is -0.260. The Morgan fingerprint density at radius 1 is 1.03 bits per heavy atom. The summed E-state index contributed by atoms with van der Waals surface area (Å²) in [5, 5.41) is 17.6. The number of anilines is 3. The van der Waals surface area contributed by atoms with Crippen LogP contribution in [0.3, 0.4) is 0 Å². The highest BCUT2D eigenvalue weighted by atomic mass is 32.1. The Kier molecular flexibility index (Phi) is 7.92. The number of thiazole rings is 1. The van der Waals surface area contributed by atoms with Gasteiger partial charge in [-0.2, -0.15) is 0 Å². The Hall–Kier alpha value is -4.12. The van der Waals surface area contributed by atoms with Crippen LogP contribution in [0.5, 0.6) is 5.75 Å². The number of piperazine rings is 1. The smallest absolute Gasteiger partial charge is 0.257 e. The van der Waals surface area contributed by atoms with Crippen LogP contribution >= 0.6 is 11.3 Å². The van der Waals surface area contributed by atoms with Crippen molar-refractivity contribution in [1.29, 1.82) is 0 Å². The number of hydrogen-bond acceptors (Lipinski definition) is 8. The van der Waals surface area contributed by atoms with Gasteiger partial charge in [0.15, 0.2) is 5.13 Å². The van der Waals surface area contributed by atoms with Crippen LogP contribution < -0.4 is 15.5 Å². The van der Waals surface area contributed by atoms with Crippen molar-refractivity contribution >= 4 is 44.9 Å². The predicted octanol–water partition coefficient (Wildman–Crippen LogP) is 3.08. The van der Waals surface area contributed by atoms with Crippen LogP contribution in [0.25, 0.3) is 0 Å². The van der Waals surface area contributed by atoms with Crippen molar-refractivity contribution < 1.29 is 19.5 Å². The van der Waals surface area contributed by atoms with Gasteiger partial charge in [-0.25, -0.2) is 4.98 Å². The van der Waals surface area contributed by atoms with Gasteiger partial charge in [0.1, 0.15) is 10.8 Å². The number of carbonyl (C=O) groups is 3. The number of nitrogens with zero attached hydrogens (tertiary/aromatic N) is 4. The minimum Gasteiger partial charge on any atom is -0.507 e. The molecular weight excluding hydrogens is 492 g/mol. The van der Waals surface area contributed by atoms with Gasteiger partial charge in [-0.15, -0.1) is 0 Å². The Morgan fingerprint density at radius 3 is 2.35 bits per heavy atom. The molecule has 1 saturated heterocycles. The molecule has 4 rings (SSSR count). The maximum absolute atomic E-state index is 13.0. The third-order valence-electron chi connectivity index (χ3n) is 6.14. The zero-order chi connectivity index (χ0) is 26.5. The summed E-state index contributed by atoms with van der Waals surface area (Å²) in [5.41, 5.74) is 2.59. The zero-order valence-electron chi connectivity index (χ0n) is 21.0. The highest BCUT2D eigenvalue weighted by Gasteiger charge is 2.25. The minimum absolute atomic E-state index is 0.00697. The molecule has 0 spiro atoms. The molecule has 1 aromatic heterocycles. The van der Waals surface area contributed by atoms with E-state index in [-0.39, 0.29) is 29.0 Å². The van der Waals surface area contributed by atoms with Gasteiger partial charge < -0.3 is 25.1 Å². The van der Waals surface area contributed by atoms with E-state index in [1.54, 1.807) is 40.3 Å². The van der Waals surface area contributed by atoms with Crippen LogP contribution in [0, 0.1) is 0 Å². The highest BCUT2D eigenvalue weighted by molar-refractivity contribution is 7.19. The van der Waals surface area contributed by atoms with Gasteiger partial charge in [-0.3, -0.25) is 19.7 Å². The van der Waals surface area contributed by atoms with Gasteiger partial charge in [-0.05, 0) is 42.0 Å². The van der Waals surface area contributed by atoms with E-state index in [1.165, 1.54) is 24.3 Å². The third kappa shape index (κ3) is 6.36. The maximum atomic E-state index is 13.0. The van der Waals surface area contributed by atoms with E-state index in [2.05, 4.69) is 15.6 Å².